The highest BCUT2D eigenvalue weighted by atomic mass is 16.5. The Kier molecular flexibility index (Phi) is 7.76. The van der Waals surface area contributed by atoms with E-state index in [-0.39, 0.29) is 29.6 Å². The maximum Gasteiger partial charge on any atom is 0.225 e. The fraction of sp³-hybridized carbons (Fsp3) is 0.500. The van der Waals surface area contributed by atoms with E-state index in [1.165, 1.54) is 5.56 Å². The van der Waals surface area contributed by atoms with Gasteiger partial charge in [-0.3, -0.25) is 9.59 Å². The second kappa shape index (κ2) is 10.9. The molecule has 0 aromatic heterocycles. The molecule has 0 bridgehead atoms. The molecule has 0 spiro atoms. The Balaban J connectivity index is 1.53. The molecular formula is C28H36N2O4. The number of hydrogen-bond donors (Lipinski definition) is 1. The van der Waals surface area contributed by atoms with Crippen LogP contribution < -0.4 is 14.8 Å². The van der Waals surface area contributed by atoms with Crippen LogP contribution in [0.15, 0.2) is 42.5 Å². The zero-order valence-electron chi connectivity index (χ0n) is 20.5. The number of carbonyl (C=O) groups is 2. The third-order valence-corrected chi connectivity index (χ3v) is 7.27. The fourth-order valence-electron chi connectivity index (χ4n) is 5.40. The lowest BCUT2D eigenvalue weighted by atomic mass is 9.83. The molecule has 6 heteroatoms. The molecular weight excluding hydrogens is 428 g/mol. The molecule has 2 aromatic carbocycles. The van der Waals surface area contributed by atoms with Crippen LogP contribution in [-0.4, -0.2) is 44.0 Å². The van der Waals surface area contributed by atoms with Gasteiger partial charge in [0, 0.05) is 31.5 Å². The highest BCUT2D eigenvalue weighted by Gasteiger charge is 2.37. The number of aryl methyl sites for hydroxylation is 1. The molecule has 2 fully saturated rings. The third-order valence-electron chi connectivity index (χ3n) is 7.27. The molecule has 6 nitrogen and oxygen atoms in total. The first-order valence-corrected chi connectivity index (χ1v) is 12.3. The molecule has 34 heavy (non-hydrogen) atoms. The molecule has 1 heterocycles. The predicted molar refractivity (Wildman–Crippen MR) is 132 cm³/mol. The lowest BCUT2D eigenvalue weighted by Crippen LogP contribution is -2.49. The van der Waals surface area contributed by atoms with E-state index in [1.54, 1.807) is 14.2 Å². The van der Waals surface area contributed by atoms with Gasteiger partial charge in [-0.15, -0.1) is 0 Å². The number of likely N-dealkylation sites (tertiary alicyclic amines) is 1. The maximum absolute atomic E-state index is 13.3. The van der Waals surface area contributed by atoms with Gasteiger partial charge in [0.15, 0.2) is 11.5 Å². The lowest BCUT2D eigenvalue weighted by molar-refractivity contribution is -0.139. The molecule has 1 N–H and O–H groups in total. The third kappa shape index (κ3) is 5.54. The normalized spacial score (nSPS) is 20.7. The van der Waals surface area contributed by atoms with Gasteiger partial charge in [0.2, 0.25) is 11.8 Å². The smallest absolute Gasteiger partial charge is 0.225 e. The summed E-state index contributed by atoms with van der Waals surface area (Å²) in [7, 11) is 3.24. The van der Waals surface area contributed by atoms with E-state index in [4.69, 9.17) is 9.47 Å². The quantitative estimate of drug-likeness (QED) is 0.657. The van der Waals surface area contributed by atoms with Crippen molar-refractivity contribution in [3.05, 3.63) is 59.2 Å². The second-order valence-corrected chi connectivity index (χ2v) is 9.68. The number of hydrogen-bond acceptors (Lipinski definition) is 4. The summed E-state index contributed by atoms with van der Waals surface area (Å²) in [4.78, 5) is 28.5. The summed E-state index contributed by atoms with van der Waals surface area (Å²) < 4.78 is 10.9. The van der Waals surface area contributed by atoms with Crippen molar-refractivity contribution in [2.75, 3.05) is 27.3 Å². The van der Waals surface area contributed by atoms with Gasteiger partial charge in [0.05, 0.1) is 20.1 Å². The van der Waals surface area contributed by atoms with Gasteiger partial charge in [0.1, 0.15) is 0 Å². The Morgan fingerprint density at radius 1 is 0.971 bits per heavy atom. The summed E-state index contributed by atoms with van der Waals surface area (Å²) >= 11 is 0. The summed E-state index contributed by atoms with van der Waals surface area (Å²) in [6, 6.07) is 14.1. The van der Waals surface area contributed by atoms with Crippen molar-refractivity contribution >= 4 is 11.8 Å². The van der Waals surface area contributed by atoms with E-state index in [2.05, 4.69) is 11.4 Å². The van der Waals surface area contributed by atoms with Crippen LogP contribution >= 0.6 is 0 Å². The van der Waals surface area contributed by atoms with E-state index in [0.717, 1.165) is 36.8 Å². The largest absolute Gasteiger partial charge is 0.493 e. The Morgan fingerprint density at radius 3 is 2.44 bits per heavy atom. The zero-order valence-corrected chi connectivity index (χ0v) is 20.5. The Hall–Kier alpha value is -3.02. The summed E-state index contributed by atoms with van der Waals surface area (Å²) in [5.41, 5.74) is 3.32. The zero-order chi connectivity index (χ0) is 24.1. The lowest BCUT2D eigenvalue weighted by Gasteiger charge is -2.38. The maximum atomic E-state index is 13.3. The number of rotatable bonds is 7. The SMILES string of the molecule is COc1ccc(C2CC(C(=O)NCc3cccc(C)c3)CN(C(=O)C3CCCC3)C2)cc1OC. The summed E-state index contributed by atoms with van der Waals surface area (Å²) in [5.74, 6) is 1.47. The van der Waals surface area contributed by atoms with Crippen molar-refractivity contribution in [1.29, 1.82) is 0 Å². The molecule has 2 aromatic rings. The number of carbonyl (C=O) groups excluding carboxylic acids is 2. The minimum absolute atomic E-state index is 0.0101. The average Bonchev–Trinajstić information content (AvgIpc) is 3.41. The van der Waals surface area contributed by atoms with Crippen LogP contribution in [0.5, 0.6) is 11.5 Å². The summed E-state index contributed by atoms with van der Waals surface area (Å²) in [6.45, 7) is 3.66. The fourth-order valence-corrected chi connectivity index (χ4v) is 5.40. The van der Waals surface area contributed by atoms with Crippen molar-refractivity contribution in [3.63, 3.8) is 0 Å². The number of methoxy groups -OCH3 is 2. The first kappa shape index (κ1) is 24.1. The molecule has 2 aliphatic rings. The van der Waals surface area contributed by atoms with Crippen LogP contribution in [0.2, 0.25) is 0 Å². The number of nitrogens with one attached hydrogen (secondary N) is 1. The molecule has 2 amide bonds. The summed E-state index contributed by atoms with van der Waals surface area (Å²) in [5, 5.41) is 3.12. The van der Waals surface area contributed by atoms with E-state index in [0.29, 0.717) is 37.6 Å². The van der Waals surface area contributed by atoms with E-state index < -0.39 is 0 Å². The van der Waals surface area contributed by atoms with Gasteiger partial charge in [-0.2, -0.15) is 0 Å². The van der Waals surface area contributed by atoms with Gasteiger partial charge in [-0.05, 0) is 49.4 Å². The molecule has 1 saturated heterocycles. The van der Waals surface area contributed by atoms with Gasteiger partial charge in [0.25, 0.3) is 0 Å². The van der Waals surface area contributed by atoms with Crippen LogP contribution in [-0.2, 0) is 16.1 Å². The molecule has 2 unspecified atom stereocenters. The van der Waals surface area contributed by atoms with E-state index >= 15 is 0 Å². The number of nitrogens with zero attached hydrogens (tertiary/aromatic N) is 1. The molecule has 182 valence electrons. The standard InChI is InChI=1S/C28H36N2O4/c1-19-7-6-8-20(13-19)16-29-27(31)24-14-23(22-11-12-25(33-2)26(15-22)34-3)17-30(18-24)28(32)21-9-4-5-10-21/h6-8,11-13,15,21,23-24H,4-5,9-10,14,16-18H2,1-3H3,(H,29,31). The Morgan fingerprint density at radius 2 is 1.74 bits per heavy atom. The van der Waals surface area contributed by atoms with Crippen molar-refractivity contribution < 1.29 is 19.1 Å². The van der Waals surface area contributed by atoms with Gasteiger partial charge < -0.3 is 19.7 Å². The molecule has 1 aliphatic carbocycles. The van der Waals surface area contributed by atoms with Crippen LogP contribution in [0.3, 0.4) is 0 Å². The van der Waals surface area contributed by atoms with Crippen molar-refractivity contribution in [2.45, 2.75) is 51.5 Å². The molecule has 4 rings (SSSR count). The topological polar surface area (TPSA) is 67.9 Å². The van der Waals surface area contributed by atoms with Crippen LogP contribution in [0.25, 0.3) is 0 Å². The molecule has 1 saturated carbocycles. The minimum Gasteiger partial charge on any atom is -0.493 e. The van der Waals surface area contributed by atoms with Gasteiger partial charge in [-0.1, -0.05) is 48.7 Å². The highest BCUT2D eigenvalue weighted by Crippen LogP contribution is 2.37. The number of piperidine rings is 1. The van der Waals surface area contributed by atoms with Crippen molar-refractivity contribution in [1.82, 2.24) is 10.2 Å². The van der Waals surface area contributed by atoms with Crippen molar-refractivity contribution in [2.24, 2.45) is 11.8 Å². The average molecular weight is 465 g/mol. The monoisotopic (exact) mass is 464 g/mol. The van der Waals surface area contributed by atoms with E-state index in [1.807, 2.05) is 48.2 Å². The second-order valence-electron chi connectivity index (χ2n) is 9.68. The minimum atomic E-state index is -0.248. The van der Waals surface area contributed by atoms with Crippen molar-refractivity contribution in [3.8, 4) is 11.5 Å². The van der Waals surface area contributed by atoms with Crippen LogP contribution in [0.1, 0.15) is 54.7 Å². The van der Waals surface area contributed by atoms with Crippen LogP contribution in [0, 0.1) is 18.8 Å². The van der Waals surface area contributed by atoms with Gasteiger partial charge >= 0.3 is 0 Å². The number of benzene rings is 2. The highest BCUT2D eigenvalue weighted by molar-refractivity contribution is 5.82. The Bertz CT molecular complexity index is 1020. The number of ether oxygens (including phenoxy) is 2. The van der Waals surface area contributed by atoms with Crippen LogP contribution in [0.4, 0.5) is 0 Å². The molecule has 2 atom stereocenters. The first-order valence-electron chi connectivity index (χ1n) is 12.3. The Labute approximate surface area is 202 Å². The molecule has 0 radical (unpaired) electrons. The first-order chi connectivity index (χ1) is 16.5. The van der Waals surface area contributed by atoms with Gasteiger partial charge in [-0.25, -0.2) is 0 Å². The van der Waals surface area contributed by atoms with E-state index in [9.17, 15) is 9.59 Å². The number of amides is 2. The predicted octanol–water partition coefficient (Wildman–Crippen LogP) is 4.45. The molecule has 1 aliphatic heterocycles. The summed E-state index contributed by atoms with van der Waals surface area (Å²) in [6.07, 6.45) is 4.85.